The maximum absolute atomic E-state index is 4.43. The Bertz CT molecular complexity index is 419. The Kier molecular flexibility index (Phi) is 3.74. The molecule has 0 fully saturated rings. The van der Waals surface area contributed by atoms with Gasteiger partial charge in [-0.15, -0.1) is 11.3 Å². The molecule has 0 saturated heterocycles. The second kappa shape index (κ2) is 5.27. The minimum atomic E-state index is 0.222. The third-order valence-electron chi connectivity index (χ3n) is 2.54. The highest BCUT2D eigenvalue weighted by Crippen LogP contribution is 2.24. The van der Waals surface area contributed by atoms with Gasteiger partial charge in [0.05, 0.1) is 0 Å². The van der Waals surface area contributed by atoms with E-state index in [-0.39, 0.29) is 6.04 Å². The van der Waals surface area contributed by atoms with Crippen molar-refractivity contribution in [3.63, 3.8) is 0 Å². The molecule has 2 rings (SSSR count). The predicted octanol–water partition coefficient (Wildman–Crippen LogP) is 2.57. The summed E-state index contributed by atoms with van der Waals surface area (Å²) in [5, 5.41) is 5.65. The van der Waals surface area contributed by atoms with E-state index in [1.807, 2.05) is 19.4 Å². The molecule has 16 heavy (non-hydrogen) atoms. The maximum atomic E-state index is 4.43. The molecule has 0 bridgehead atoms. The average molecular weight is 235 g/mol. The van der Waals surface area contributed by atoms with Crippen molar-refractivity contribution in [3.8, 4) is 0 Å². The van der Waals surface area contributed by atoms with Crippen LogP contribution in [0, 0.1) is 0 Å². The van der Waals surface area contributed by atoms with Crippen LogP contribution in [0.1, 0.15) is 30.1 Å². The van der Waals surface area contributed by atoms with Crippen LogP contribution in [0.2, 0.25) is 0 Å². The van der Waals surface area contributed by atoms with E-state index in [9.17, 15) is 0 Å². The normalized spacial score (nSPS) is 12.9. The number of imidazole rings is 1. The summed E-state index contributed by atoms with van der Waals surface area (Å²) in [6.07, 6.45) is 4.97. The molecule has 0 saturated carbocycles. The molecule has 0 amide bonds. The van der Waals surface area contributed by atoms with Gasteiger partial charge in [0.15, 0.2) is 0 Å². The largest absolute Gasteiger partial charge is 0.336 e. The monoisotopic (exact) mass is 235 g/mol. The van der Waals surface area contributed by atoms with Crippen molar-refractivity contribution in [2.75, 3.05) is 6.54 Å². The second-order valence-electron chi connectivity index (χ2n) is 3.80. The number of hydrogen-bond acceptors (Lipinski definition) is 3. The number of aromatic nitrogens is 2. The third kappa shape index (κ3) is 2.33. The highest BCUT2D eigenvalue weighted by Gasteiger charge is 2.17. The van der Waals surface area contributed by atoms with Crippen LogP contribution in [-0.2, 0) is 7.05 Å². The fourth-order valence-corrected chi connectivity index (χ4v) is 2.51. The smallest absolute Gasteiger partial charge is 0.131 e. The Balaban J connectivity index is 2.25. The van der Waals surface area contributed by atoms with Crippen LogP contribution in [-0.4, -0.2) is 16.1 Å². The van der Waals surface area contributed by atoms with Gasteiger partial charge in [-0.3, -0.25) is 0 Å². The molecule has 2 heterocycles. The van der Waals surface area contributed by atoms with Crippen LogP contribution >= 0.6 is 11.3 Å². The van der Waals surface area contributed by atoms with Crippen LogP contribution in [0.4, 0.5) is 0 Å². The molecule has 1 atom stereocenters. The van der Waals surface area contributed by atoms with Gasteiger partial charge in [0.1, 0.15) is 11.9 Å². The zero-order valence-corrected chi connectivity index (χ0v) is 10.5. The van der Waals surface area contributed by atoms with Crippen LogP contribution in [0.3, 0.4) is 0 Å². The van der Waals surface area contributed by atoms with Gasteiger partial charge >= 0.3 is 0 Å². The summed E-state index contributed by atoms with van der Waals surface area (Å²) in [4.78, 5) is 5.75. The van der Waals surface area contributed by atoms with Crippen molar-refractivity contribution in [3.05, 3.63) is 40.6 Å². The molecule has 0 aliphatic carbocycles. The van der Waals surface area contributed by atoms with Gasteiger partial charge in [0.2, 0.25) is 0 Å². The molecule has 2 aromatic rings. The van der Waals surface area contributed by atoms with E-state index in [1.54, 1.807) is 11.3 Å². The number of nitrogens with zero attached hydrogens (tertiary/aromatic N) is 2. The molecule has 0 aliphatic heterocycles. The highest BCUT2D eigenvalue weighted by atomic mass is 32.1. The third-order valence-corrected chi connectivity index (χ3v) is 3.48. The molecule has 0 radical (unpaired) electrons. The van der Waals surface area contributed by atoms with E-state index in [0.717, 1.165) is 18.8 Å². The average Bonchev–Trinajstić information content (AvgIpc) is 2.91. The van der Waals surface area contributed by atoms with Crippen molar-refractivity contribution in [2.45, 2.75) is 19.4 Å². The first kappa shape index (κ1) is 11.4. The van der Waals surface area contributed by atoms with Crippen LogP contribution < -0.4 is 5.32 Å². The van der Waals surface area contributed by atoms with Gasteiger partial charge < -0.3 is 9.88 Å². The summed E-state index contributed by atoms with van der Waals surface area (Å²) in [6, 6.07) is 4.47. The molecule has 1 unspecified atom stereocenters. The molecule has 2 aromatic heterocycles. The topological polar surface area (TPSA) is 29.9 Å². The molecular formula is C12H17N3S. The zero-order valence-electron chi connectivity index (χ0n) is 9.68. The number of nitrogens with one attached hydrogen (secondary N) is 1. The molecule has 0 aliphatic rings. The summed E-state index contributed by atoms with van der Waals surface area (Å²) in [6.45, 7) is 3.19. The van der Waals surface area contributed by atoms with Crippen molar-refractivity contribution < 1.29 is 0 Å². The van der Waals surface area contributed by atoms with Gasteiger partial charge in [-0.2, -0.15) is 0 Å². The Morgan fingerprint density at radius 1 is 1.56 bits per heavy atom. The number of thiophene rings is 1. The Morgan fingerprint density at radius 3 is 3.00 bits per heavy atom. The summed E-state index contributed by atoms with van der Waals surface area (Å²) in [5.74, 6) is 1.08. The molecular weight excluding hydrogens is 218 g/mol. The maximum Gasteiger partial charge on any atom is 0.131 e. The van der Waals surface area contributed by atoms with Gasteiger partial charge in [0.25, 0.3) is 0 Å². The van der Waals surface area contributed by atoms with Gasteiger partial charge in [-0.05, 0) is 24.4 Å². The van der Waals surface area contributed by atoms with Crippen LogP contribution in [0.25, 0.3) is 0 Å². The molecule has 0 spiro atoms. The summed E-state index contributed by atoms with van der Waals surface area (Å²) in [5.41, 5.74) is 0. The van der Waals surface area contributed by atoms with Gasteiger partial charge in [-0.1, -0.05) is 13.0 Å². The summed E-state index contributed by atoms with van der Waals surface area (Å²) >= 11 is 1.77. The SMILES string of the molecule is CCCNC(c1cccs1)c1nccn1C. The zero-order chi connectivity index (χ0) is 11.4. The molecule has 1 N–H and O–H groups in total. The minimum Gasteiger partial charge on any atom is -0.336 e. The fourth-order valence-electron chi connectivity index (χ4n) is 1.72. The van der Waals surface area contributed by atoms with Gasteiger partial charge in [0, 0.05) is 24.3 Å². The van der Waals surface area contributed by atoms with E-state index >= 15 is 0 Å². The first-order valence-corrected chi connectivity index (χ1v) is 6.45. The fraction of sp³-hybridized carbons (Fsp3) is 0.417. The molecule has 4 heteroatoms. The van der Waals surface area contributed by atoms with Crippen LogP contribution in [0.5, 0.6) is 0 Å². The molecule has 86 valence electrons. The standard InChI is InChI=1S/C12H17N3S/c1-3-6-13-11(10-5-4-9-16-10)12-14-7-8-15(12)2/h4-5,7-9,11,13H,3,6H2,1-2H3. The Labute approximate surface area is 100 Å². The van der Waals surface area contributed by atoms with Crippen molar-refractivity contribution in [1.82, 2.24) is 14.9 Å². The quantitative estimate of drug-likeness (QED) is 0.863. The molecule has 3 nitrogen and oxygen atoms in total. The summed E-state index contributed by atoms with van der Waals surface area (Å²) < 4.78 is 2.08. The Morgan fingerprint density at radius 2 is 2.44 bits per heavy atom. The lowest BCUT2D eigenvalue weighted by Gasteiger charge is -2.16. The van der Waals surface area contributed by atoms with E-state index in [2.05, 4.69) is 39.3 Å². The van der Waals surface area contributed by atoms with Gasteiger partial charge in [-0.25, -0.2) is 4.98 Å². The van der Waals surface area contributed by atoms with E-state index in [0.29, 0.717) is 0 Å². The van der Waals surface area contributed by atoms with Crippen LogP contribution in [0.15, 0.2) is 29.9 Å². The predicted molar refractivity (Wildman–Crippen MR) is 67.7 cm³/mol. The second-order valence-corrected chi connectivity index (χ2v) is 4.78. The highest BCUT2D eigenvalue weighted by molar-refractivity contribution is 7.10. The lowest BCUT2D eigenvalue weighted by atomic mass is 10.2. The first-order valence-electron chi connectivity index (χ1n) is 5.57. The van der Waals surface area contributed by atoms with E-state index in [4.69, 9.17) is 0 Å². The Hall–Kier alpha value is -1.13. The summed E-state index contributed by atoms with van der Waals surface area (Å²) in [7, 11) is 2.04. The lowest BCUT2D eigenvalue weighted by Crippen LogP contribution is -2.25. The molecule has 0 aromatic carbocycles. The van der Waals surface area contributed by atoms with Crippen molar-refractivity contribution in [1.29, 1.82) is 0 Å². The first-order chi connectivity index (χ1) is 7.83. The van der Waals surface area contributed by atoms with E-state index in [1.165, 1.54) is 4.88 Å². The lowest BCUT2D eigenvalue weighted by molar-refractivity contribution is 0.562. The minimum absolute atomic E-state index is 0.222. The van der Waals surface area contributed by atoms with Crippen molar-refractivity contribution >= 4 is 11.3 Å². The van der Waals surface area contributed by atoms with Crippen molar-refractivity contribution in [2.24, 2.45) is 7.05 Å². The number of hydrogen-bond donors (Lipinski definition) is 1. The van der Waals surface area contributed by atoms with E-state index < -0.39 is 0 Å². The number of aryl methyl sites for hydroxylation is 1. The number of rotatable bonds is 5.